The highest BCUT2D eigenvalue weighted by molar-refractivity contribution is 5.92. The Morgan fingerprint density at radius 2 is 2.14 bits per heavy atom. The minimum absolute atomic E-state index is 0.234. The van der Waals surface area contributed by atoms with Crippen LogP contribution in [0.5, 0.6) is 0 Å². The molecule has 0 radical (unpaired) electrons. The molecular formula is C15H15N5O. The van der Waals surface area contributed by atoms with Gasteiger partial charge in [0.1, 0.15) is 0 Å². The Morgan fingerprint density at radius 1 is 1.29 bits per heavy atom. The van der Waals surface area contributed by atoms with Crippen LogP contribution >= 0.6 is 0 Å². The summed E-state index contributed by atoms with van der Waals surface area (Å²) in [5, 5.41) is 22.4. The molecule has 1 heterocycles. The summed E-state index contributed by atoms with van der Waals surface area (Å²) in [5.74, 6) is 0.277. The summed E-state index contributed by atoms with van der Waals surface area (Å²) in [6, 6.07) is 12.4. The molecule has 2 aromatic rings. The van der Waals surface area contributed by atoms with Crippen LogP contribution < -0.4 is 10.6 Å². The molecule has 1 aromatic heterocycles. The van der Waals surface area contributed by atoms with Gasteiger partial charge in [-0.15, -0.1) is 10.2 Å². The molecule has 0 atom stereocenters. The number of nitrogens with zero attached hydrogens (tertiary/aromatic N) is 3. The Kier molecular flexibility index (Phi) is 4.83. The van der Waals surface area contributed by atoms with E-state index in [0.29, 0.717) is 17.9 Å². The third-order valence-corrected chi connectivity index (χ3v) is 2.70. The maximum Gasteiger partial charge on any atom is 0.271 e. The molecule has 0 fully saturated rings. The highest BCUT2D eigenvalue weighted by Gasteiger charge is 2.07. The number of rotatable bonds is 5. The average molecular weight is 281 g/mol. The van der Waals surface area contributed by atoms with Crippen LogP contribution in [0.1, 0.15) is 29.4 Å². The lowest BCUT2D eigenvalue weighted by molar-refractivity contribution is 0.0947. The van der Waals surface area contributed by atoms with Crippen molar-refractivity contribution in [1.29, 1.82) is 5.26 Å². The fourth-order valence-electron chi connectivity index (χ4n) is 1.66. The number of benzene rings is 1. The second-order valence-corrected chi connectivity index (χ2v) is 4.38. The van der Waals surface area contributed by atoms with Gasteiger partial charge in [0.15, 0.2) is 11.5 Å². The second-order valence-electron chi connectivity index (χ2n) is 4.38. The third-order valence-electron chi connectivity index (χ3n) is 2.70. The van der Waals surface area contributed by atoms with E-state index in [9.17, 15) is 4.79 Å². The number of nitrogens with one attached hydrogen (secondary N) is 2. The smallest absolute Gasteiger partial charge is 0.271 e. The van der Waals surface area contributed by atoms with E-state index in [1.807, 2.05) is 13.0 Å². The molecule has 1 amide bonds. The van der Waals surface area contributed by atoms with E-state index < -0.39 is 0 Å². The number of carbonyl (C=O) groups is 1. The van der Waals surface area contributed by atoms with Crippen LogP contribution in [-0.4, -0.2) is 22.6 Å². The molecule has 1 aromatic carbocycles. The fraction of sp³-hybridized carbons (Fsp3) is 0.200. The predicted octanol–water partition coefficient (Wildman–Crippen LogP) is 2.23. The molecule has 6 nitrogen and oxygen atoms in total. The number of aromatic nitrogens is 2. The van der Waals surface area contributed by atoms with Gasteiger partial charge >= 0.3 is 0 Å². The summed E-state index contributed by atoms with van der Waals surface area (Å²) in [5.41, 5.74) is 1.58. The molecule has 0 saturated carbocycles. The lowest BCUT2D eigenvalue weighted by Gasteiger charge is -2.06. The molecule has 2 rings (SSSR count). The van der Waals surface area contributed by atoms with Crippen LogP contribution in [0, 0.1) is 11.3 Å². The summed E-state index contributed by atoms with van der Waals surface area (Å²) >= 11 is 0. The summed E-state index contributed by atoms with van der Waals surface area (Å²) in [7, 11) is 0. The van der Waals surface area contributed by atoms with Gasteiger partial charge < -0.3 is 10.6 Å². The van der Waals surface area contributed by atoms with Crippen LogP contribution in [-0.2, 0) is 0 Å². The average Bonchev–Trinajstić information content (AvgIpc) is 2.53. The number of anilines is 2. The molecule has 0 aliphatic carbocycles. The molecule has 0 aliphatic rings. The maximum atomic E-state index is 11.7. The first-order valence-electron chi connectivity index (χ1n) is 6.62. The van der Waals surface area contributed by atoms with E-state index in [1.165, 1.54) is 0 Å². The van der Waals surface area contributed by atoms with Crippen LogP contribution in [0.15, 0.2) is 36.4 Å². The summed E-state index contributed by atoms with van der Waals surface area (Å²) < 4.78 is 0. The van der Waals surface area contributed by atoms with Crippen molar-refractivity contribution in [3.05, 3.63) is 47.7 Å². The third kappa shape index (κ3) is 4.01. The van der Waals surface area contributed by atoms with Crippen molar-refractivity contribution >= 4 is 17.4 Å². The quantitative estimate of drug-likeness (QED) is 0.877. The molecule has 0 bridgehead atoms. The lowest BCUT2D eigenvalue weighted by atomic mass is 10.2. The fourth-order valence-corrected chi connectivity index (χ4v) is 1.66. The van der Waals surface area contributed by atoms with Gasteiger partial charge in [-0.25, -0.2) is 0 Å². The molecule has 2 N–H and O–H groups in total. The van der Waals surface area contributed by atoms with E-state index in [2.05, 4.69) is 26.9 Å². The van der Waals surface area contributed by atoms with Gasteiger partial charge in [0.25, 0.3) is 5.91 Å². The van der Waals surface area contributed by atoms with E-state index in [4.69, 9.17) is 5.26 Å². The summed E-state index contributed by atoms with van der Waals surface area (Å²) in [6.07, 6.45) is 0.869. The number of amides is 1. The SMILES string of the molecule is CCCNC(=O)c1ccc(Nc2cccc(C#N)c2)nn1. The zero-order chi connectivity index (χ0) is 15.1. The Bertz CT molecular complexity index is 661. The lowest BCUT2D eigenvalue weighted by Crippen LogP contribution is -2.25. The Balaban J connectivity index is 2.05. The van der Waals surface area contributed by atoms with Crippen molar-refractivity contribution in [3.63, 3.8) is 0 Å². The molecule has 106 valence electrons. The van der Waals surface area contributed by atoms with E-state index in [0.717, 1.165) is 12.1 Å². The van der Waals surface area contributed by atoms with Gasteiger partial charge in [-0.2, -0.15) is 5.26 Å². The predicted molar refractivity (Wildman–Crippen MR) is 79.1 cm³/mol. The van der Waals surface area contributed by atoms with Crippen molar-refractivity contribution in [2.45, 2.75) is 13.3 Å². The Morgan fingerprint density at radius 3 is 2.81 bits per heavy atom. The Hall–Kier alpha value is -2.94. The minimum atomic E-state index is -0.234. The molecule has 0 aliphatic heterocycles. The number of carbonyl (C=O) groups excluding carboxylic acids is 1. The van der Waals surface area contributed by atoms with Crippen molar-refractivity contribution < 1.29 is 4.79 Å². The van der Waals surface area contributed by atoms with Crippen LogP contribution in [0.2, 0.25) is 0 Å². The minimum Gasteiger partial charge on any atom is -0.351 e. The first kappa shape index (κ1) is 14.5. The number of nitriles is 1. The molecule has 0 spiro atoms. The Labute approximate surface area is 122 Å². The van der Waals surface area contributed by atoms with Gasteiger partial charge in [0.2, 0.25) is 0 Å². The van der Waals surface area contributed by atoms with Crippen molar-refractivity contribution in [3.8, 4) is 6.07 Å². The highest BCUT2D eigenvalue weighted by Crippen LogP contribution is 2.15. The summed E-state index contributed by atoms with van der Waals surface area (Å²) in [4.78, 5) is 11.7. The molecule has 6 heteroatoms. The monoisotopic (exact) mass is 281 g/mol. The van der Waals surface area contributed by atoms with Crippen molar-refractivity contribution in [2.75, 3.05) is 11.9 Å². The first-order chi connectivity index (χ1) is 10.2. The van der Waals surface area contributed by atoms with Gasteiger partial charge in [0.05, 0.1) is 11.6 Å². The van der Waals surface area contributed by atoms with E-state index >= 15 is 0 Å². The molecular weight excluding hydrogens is 266 g/mol. The van der Waals surface area contributed by atoms with Gasteiger partial charge in [0, 0.05) is 12.2 Å². The molecule has 0 saturated heterocycles. The normalized spacial score (nSPS) is 9.71. The zero-order valence-corrected chi connectivity index (χ0v) is 11.6. The van der Waals surface area contributed by atoms with E-state index in [-0.39, 0.29) is 11.6 Å². The highest BCUT2D eigenvalue weighted by atomic mass is 16.1. The van der Waals surface area contributed by atoms with Crippen LogP contribution in [0.4, 0.5) is 11.5 Å². The number of hydrogen-bond donors (Lipinski definition) is 2. The van der Waals surface area contributed by atoms with Gasteiger partial charge in [-0.1, -0.05) is 13.0 Å². The van der Waals surface area contributed by atoms with Crippen molar-refractivity contribution in [2.24, 2.45) is 0 Å². The van der Waals surface area contributed by atoms with E-state index in [1.54, 1.807) is 30.3 Å². The van der Waals surface area contributed by atoms with Gasteiger partial charge in [-0.3, -0.25) is 4.79 Å². The molecule has 0 unspecified atom stereocenters. The van der Waals surface area contributed by atoms with Crippen LogP contribution in [0.3, 0.4) is 0 Å². The molecule has 21 heavy (non-hydrogen) atoms. The van der Waals surface area contributed by atoms with Crippen molar-refractivity contribution in [1.82, 2.24) is 15.5 Å². The topological polar surface area (TPSA) is 90.7 Å². The first-order valence-corrected chi connectivity index (χ1v) is 6.62. The maximum absolute atomic E-state index is 11.7. The summed E-state index contributed by atoms with van der Waals surface area (Å²) in [6.45, 7) is 2.59. The second kappa shape index (κ2) is 7.01. The largest absolute Gasteiger partial charge is 0.351 e. The van der Waals surface area contributed by atoms with Crippen LogP contribution in [0.25, 0.3) is 0 Å². The number of hydrogen-bond acceptors (Lipinski definition) is 5. The zero-order valence-electron chi connectivity index (χ0n) is 11.6. The van der Waals surface area contributed by atoms with Gasteiger partial charge in [-0.05, 0) is 36.8 Å². The standard InChI is InChI=1S/C15H15N5O/c1-2-8-17-15(21)13-6-7-14(20-19-13)18-12-5-3-4-11(9-12)10-16/h3-7,9H,2,8H2,1H3,(H,17,21)(H,18,20).